The average Bonchev–Trinajstić information content (AvgIpc) is 2.18. The molecule has 0 atom stereocenters. The quantitative estimate of drug-likeness (QED) is 0.740. The van der Waals surface area contributed by atoms with Gasteiger partial charge in [-0.3, -0.25) is 4.98 Å². The SMILES string of the molecule is Cc1cccc(-c2cc(N)ccn2)c1. The highest BCUT2D eigenvalue weighted by atomic mass is 14.7. The van der Waals surface area contributed by atoms with Crippen LogP contribution in [-0.2, 0) is 0 Å². The molecule has 0 aliphatic rings. The van der Waals surface area contributed by atoms with E-state index in [1.54, 1.807) is 12.3 Å². The summed E-state index contributed by atoms with van der Waals surface area (Å²) >= 11 is 0. The van der Waals surface area contributed by atoms with Crippen molar-refractivity contribution in [2.75, 3.05) is 5.73 Å². The van der Waals surface area contributed by atoms with E-state index in [4.69, 9.17) is 5.73 Å². The minimum absolute atomic E-state index is 0.747. The lowest BCUT2D eigenvalue weighted by atomic mass is 10.1. The number of nitrogens with two attached hydrogens (primary N) is 1. The van der Waals surface area contributed by atoms with Crippen LogP contribution in [0.15, 0.2) is 42.6 Å². The third kappa shape index (κ3) is 1.74. The molecule has 2 N–H and O–H groups in total. The molecular formula is C12H12N2. The number of anilines is 1. The summed E-state index contributed by atoms with van der Waals surface area (Å²) in [6.45, 7) is 2.07. The molecule has 2 nitrogen and oxygen atoms in total. The van der Waals surface area contributed by atoms with Gasteiger partial charge in [0.1, 0.15) is 0 Å². The van der Waals surface area contributed by atoms with Crippen molar-refractivity contribution in [1.82, 2.24) is 4.98 Å². The van der Waals surface area contributed by atoms with Gasteiger partial charge in [-0.05, 0) is 25.1 Å². The fourth-order valence-corrected chi connectivity index (χ4v) is 1.41. The van der Waals surface area contributed by atoms with Crippen LogP contribution in [0.3, 0.4) is 0 Å². The molecule has 0 unspecified atom stereocenters. The van der Waals surface area contributed by atoms with Crippen molar-refractivity contribution in [2.24, 2.45) is 0 Å². The molecule has 2 heteroatoms. The lowest BCUT2D eigenvalue weighted by Crippen LogP contribution is -1.88. The highest BCUT2D eigenvalue weighted by molar-refractivity contribution is 5.63. The molecule has 0 amide bonds. The van der Waals surface area contributed by atoms with Gasteiger partial charge in [0.2, 0.25) is 0 Å². The summed E-state index contributed by atoms with van der Waals surface area (Å²) in [7, 11) is 0. The zero-order valence-corrected chi connectivity index (χ0v) is 8.07. The molecule has 0 radical (unpaired) electrons. The summed E-state index contributed by atoms with van der Waals surface area (Å²) in [6.07, 6.45) is 1.73. The fraction of sp³-hybridized carbons (Fsp3) is 0.0833. The van der Waals surface area contributed by atoms with E-state index in [-0.39, 0.29) is 0 Å². The Hall–Kier alpha value is -1.83. The number of hydrogen-bond donors (Lipinski definition) is 1. The number of benzene rings is 1. The van der Waals surface area contributed by atoms with Gasteiger partial charge < -0.3 is 5.73 Å². The van der Waals surface area contributed by atoms with Crippen LogP contribution in [0.2, 0.25) is 0 Å². The zero-order chi connectivity index (χ0) is 9.97. The Bertz CT molecular complexity index is 406. The maximum atomic E-state index is 5.69. The van der Waals surface area contributed by atoms with E-state index in [1.165, 1.54) is 5.56 Å². The first-order valence-corrected chi connectivity index (χ1v) is 4.54. The molecule has 0 aliphatic heterocycles. The molecule has 0 bridgehead atoms. The van der Waals surface area contributed by atoms with Crippen LogP contribution in [0.5, 0.6) is 0 Å². The van der Waals surface area contributed by atoms with Gasteiger partial charge in [-0.15, -0.1) is 0 Å². The highest BCUT2D eigenvalue weighted by Gasteiger charge is 1.98. The fourth-order valence-electron chi connectivity index (χ4n) is 1.41. The first kappa shape index (κ1) is 8.75. The maximum Gasteiger partial charge on any atom is 0.0722 e. The topological polar surface area (TPSA) is 38.9 Å². The van der Waals surface area contributed by atoms with Crippen molar-refractivity contribution in [2.45, 2.75) is 6.92 Å². The summed E-state index contributed by atoms with van der Waals surface area (Å²) in [5, 5.41) is 0. The summed E-state index contributed by atoms with van der Waals surface area (Å²) < 4.78 is 0. The van der Waals surface area contributed by atoms with Gasteiger partial charge in [0.05, 0.1) is 5.69 Å². The smallest absolute Gasteiger partial charge is 0.0722 e. The molecule has 0 aliphatic carbocycles. The van der Waals surface area contributed by atoms with E-state index in [1.807, 2.05) is 18.2 Å². The number of nitrogens with zero attached hydrogens (tertiary/aromatic N) is 1. The Morgan fingerprint density at radius 3 is 2.71 bits per heavy atom. The standard InChI is InChI=1S/C12H12N2/c1-9-3-2-4-10(7-9)12-8-11(13)5-6-14-12/h2-8H,1H3,(H2,13,14). The molecule has 0 fully saturated rings. The molecule has 70 valence electrons. The summed E-state index contributed by atoms with van der Waals surface area (Å²) in [4.78, 5) is 4.27. The third-order valence-electron chi connectivity index (χ3n) is 2.10. The maximum absolute atomic E-state index is 5.69. The Labute approximate surface area is 83.4 Å². The van der Waals surface area contributed by atoms with Gasteiger partial charge in [-0.2, -0.15) is 0 Å². The predicted octanol–water partition coefficient (Wildman–Crippen LogP) is 2.64. The van der Waals surface area contributed by atoms with E-state index < -0.39 is 0 Å². The second-order valence-electron chi connectivity index (χ2n) is 3.34. The summed E-state index contributed by atoms with van der Waals surface area (Å²) in [5.41, 5.74) is 9.70. The number of aromatic nitrogens is 1. The molecule has 2 rings (SSSR count). The number of nitrogen functional groups attached to an aromatic ring is 1. The van der Waals surface area contributed by atoms with Gasteiger partial charge in [0, 0.05) is 17.4 Å². The Kier molecular flexibility index (Phi) is 2.19. The Morgan fingerprint density at radius 2 is 2.00 bits per heavy atom. The van der Waals surface area contributed by atoms with E-state index in [0.717, 1.165) is 16.9 Å². The Morgan fingerprint density at radius 1 is 1.14 bits per heavy atom. The second-order valence-corrected chi connectivity index (χ2v) is 3.34. The largest absolute Gasteiger partial charge is 0.399 e. The minimum atomic E-state index is 0.747. The third-order valence-corrected chi connectivity index (χ3v) is 2.10. The molecule has 0 saturated carbocycles. The van der Waals surface area contributed by atoms with E-state index in [9.17, 15) is 0 Å². The average molecular weight is 184 g/mol. The van der Waals surface area contributed by atoms with Crippen LogP contribution in [0, 0.1) is 6.92 Å². The lowest BCUT2D eigenvalue weighted by Gasteiger charge is -2.02. The van der Waals surface area contributed by atoms with Crippen LogP contribution in [0.1, 0.15) is 5.56 Å². The first-order valence-electron chi connectivity index (χ1n) is 4.54. The van der Waals surface area contributed by atoms with Gasteiger partial charge in [0.25, 0.3) is 0 Å². The molecule has 0 saturated heterocycles. The van der Waals surface area contributed by atoms with Crippen molar-refractivity contribution < 1.29 is 0 Å². The van der Waals surface area contributed by atoms with Crippen molar-refractivity contribution in [3.8, 4) is 11.3 Å². The molecule has 0 spiro atoms. The molecule has 14 heavy (non-hydrogen) atoms. The van der Waals surface area contributed by atoms with Gasteiger partial charge >= 0.3 is 0 Å². The second kappa shape index (κ2) is 3.50. The van der Waals surface area contributed by atoms with Crippen LogP contribution in [0.4, 0.5) is 5.69 Å². The lowest BCUT2D eigenvalue weighted by molar-refractivity contribution is 1.32. The van der Waals surface area contributed by atoms with Crippen LogP contribution < -0.4 is 5.73 Å². The monoisotopic (exact) mass is 184 g/mol. The molecular weight excluding hydrogens is 172 g/mol. The molecule has 1 aromatic carbocycles. The molecule has 1 aromatic heterocycles. The number of rotatable bonds is 1. The van der Waals surface area contributed by atoms with Crippen LogP contribution in [-0.4, -0.2) is 4.98 Å². The van der Waals surface area contributed by atoms with E-state index >= 15 is 0 Å². The number of aryl methyl sites for hydroxylation is 1. The van der Waals surface area contributed by atoms with Gasteiger partial charge in [0.15, 0.2) is 0 Å². The summed E-state index contributed by atoms with van der Waals surface area (Å²) in [5.74, 6) is 0. The predicted molar refractivity (Wildman–Crippen MR) is 58.8 cm³/mol. The van der Waals surface area contributed by atoms with E-state index in [2.05, 4.69) is 24.0 Å². The minimum Gasteiger partial charge on any atom is -0.399 e. The van der Waals surface area contributed by atoms with Crippen LogP contribution >= 0.6 is 0 Å². The normalized spacial score (nSPS) is 10.1. The van der Waals surface area contributed by atoms with Crippen LogP contribution in [0.25, 0.3) is 11.3 Å². The number of hydrogen-bond acceptors (Lipinski definition) is 2. The summed E-state index contributed by atoms with van der Waals surface area (Å²) in [6, 6.07) is 11.9. The molecule has 2 aromatic rings. The first-order chi connectivity index (χ1) is 6.75. The van der Waals surface area contributed by atoms with Gasteiger partial charge in [-0.1, -0.05) is 23.8 Å². The number of pyridine rings is 1. The zero-order valence-electron chi connectivity index (χ0n) is 8.07. The Balaban J connectivity index is 2.49. The van der Waals surface area contributed by atoms with Gasteiger partial charge in [-0.25, -0.2) is 0 Å². The van der Waals surface area contributed by atoms with E-state index in [0.29, 0.717) is 0 Å². The van der Waals surface area contributed by atoms with Crippen molar-refractivity contribution in [3.63, 3.8) is 0 Å². The van der Waals surface area contributed by atoms with Crippen molar-refractivity contribution in [3.05, 3.63) is 48.2 Å². The highest BCUT2D eigenvalue weighted by Crippen LogP contribution is 2.19. The molecule has 1 heterocycles. The van der Waals surface area contributed by atoms with Crippen molar-refractivity contribution >= 4 is 5.69 Å². The van der Waals surface area contributed by atoms with Crippen molar-refractivity contribution in [1.29, 1.82) is 0 Å².